The summed E-state index contributed by atoms with van der Waals surface area (Å²) < 4.78 is 3.60. The summed E-state index contributed by atoms with van der Waals surface area (Å²) in [5.41, 5.74) is 0.455. The molecule has 8 N–H and O–H groups in total. The Morgan fingerprint density at radius 3 is 1.45 bits per heavy atom. The number of hydrogen-bond acceptors (Lipinski definition) is 9. The number of benzene rings is 1. The molecule has 0 radical (unpaired) electrons. The summed E-state index contributed by atoms with van der Waals surface area (Å²) in [5, 5.41) is 44.4. The van der Waals surface area contributed by atoms with Crippen LogP contribution in [0, 0.1) is 11.3 Å². The number of aliphatic hydroxyl groups excluding tert-OH is 3. The minimum Gasteiger partial charge on any atom is -0.395 e. The molecular formula is C29H56O9P2. The number of hydrogen-bond donors (Lipinski definition) is 8. The van der Waals surface area contributed by atoms with Crippen LogP contribution in [0.15, 0.2) is 12.1 Å². The fourth-order valence-electron chi connectivity index (χ4n) is 5.09. The Morgan fingerprint density at radius 1 is 0.775 bits per heavy atom. The van der Waals surface area contributed by atoms with E-state index in [1.807, 2.05) is 0 Å². The number of aliphatic hydroxyl groups is 4. The average molecular weight is 611 g/mol. The molecule has 236 valence electrons. The molecule has 11 heteroatoms. The predicted molar refractivity (Wildman–Crippen MR) is 163 cm³/mol. The zero-order valence-corrected chi connectivity index (χ0v) is 27.8. The van der Waals surface area contributed by atoms with Crippen LogP contribution in [0.4, 0.5) is 0 Å². The van der Waals surface area contributed by atoms with Gasteiger partial charge < -0.3 is 40.0 Å². The summed E-state index contributed by atoms with van der Waals surface area (Å²) in [4.78, 5) is 31.3. The normalized spacial score (nSPS) is 15.2. The minimum absolute atomic E-state index is 0.213. The number of unbranched alkanes of at least 4 members (excludes halogenated alkanes) is 1. The lowest BCUT2D eigenvalue weighted by Crippen LogP contribution is -2.56. The van der Waals surface area contributed by atoms with E-state index in [1.54, 1.807) is 0 Å². The summed E-state index contributed by atoms with van der Waals surface area (Å²) in [6.45, 7) is 17.8. The quantitative estimate of drug-likeness (QED) is 0.135. The van der Waals surface area contributed by atoms with E-state index in [1.165, 1.54) is 5.56 Å². The average Bonchev–Trinajstić information content (AvgIpc) is 2.85. The standard InChI is InChI=1S/C29H52O4.H4O5P2/c1-10-13-14-21(11-2)17-29(33,28(18-30,19-31)20-32)25-23(26(4,5)6)15-22(12-3)16-24(25)27(7,8)9;1-6(2)5-7(3)4/h15-16,21,30-33H,10-14,17-20H2,1-9H3;1-4H. The topological polar surface area (TPSA) is 171 Å². The fraction of sp³-hybridized carbons (Fsp3) is 0.793. The van der Waals surface area contributed by atoms with Crippen LogP contribution in [0.2, 0.25) is 0 Å². The second kappa shape index (κ2) is 17.1. The third-order valence-corrected chi connectivity index (χ3v) is 8.86. The van der Waals surface area contributed by atoms with Gasteiger partial charge in [0, 0.05) is 0 Å². The molecule has 1 aromatic rings. The van der Waals surface area contributed by atoms with Crippen molar-refractivity contribution in [3.05, 3.63) is 34.4 Å². The van der Waals surface area contributed by atoms with E-state index < -0.39 is 48.0 Å². The van der Waals surface area contributed by atoms with Crippen LogP contribution >= 0.6 is 17.2 Å². The van der Waals surface area contributed by atoms with E-state index in [4.69, 9.17) is 19.6 Å². The summed E-state index contributed by atoms with van der Waals surface area (Å²) >= 11 is 0. The van der Waals surface area contributed by atoms with E-state index in [0.717, 1.165) is 48.8 Å². The molecule has 0 aliphatic heterocycles. The molecule has 0 saturated carbocycles. The Morgan fingerprint density at radius 2 is 1.20 bits per heavy atom. The third kappa shape index (κ3) is 10.8. The van der Waals surface area contributed by atoms with Crippen LogP contribution < -0.4 is 0 Å². The van der Waals surface area contributed by atoms with Crippen molar-refractivity contribution in [1.82, 2.24) is 0 Å². The maximum atomic E-state index is 12.8. The van der Waals surface area contributed by atoms with Gasteiger partial charge in [-0.2, -0.15) is 0 Å². The van der Waals surface area contributed by atoms with Gasteiger partial charge in [-0.1, -0.05) is 100 Å². The van der Waals surface area contributed by atoms with Crippen LogP contribution in [-0.4, -0.2) is 59.8 Å². The maximum absolute atomic E-state index is 12.8. The summed E-state index contributed by atoms with van der Waals surface area (Å²) in [6, 6.07) is 4.36. The molecule has 2 atom stereocenters. The van der Waals surface area contributed by atoms with E-state index in [2.05, 4.69) is 78.8 Å². The van der Waals surface area contributed by atoms with Crippen LogP contribution in [0.1, 0.15) is 117 Å². The predicted octanol–water partition coefficient (Wildman–Crippen LogP) is 5.03. The Balaban J connectivity index is 0.00000191. The van der Waals surface area contributed by atoms with Gasteiger partial charge in [-0.15, -0.1) is 0 Å². The van der Waals surface area contributed by atoms with Crippen LogP contribution in [-0.2, 0) is 27.2 Å². The fourth-order valence-corrected chi connectivity index (χ4v) is 5.61. The van der Waals surface area contributed by atoms with Crippen molar-refractivity contribution >= 4 is 17.2 Å². The highest BCUT2D eigenvalue weighted by Gasteiger charge is 2.54. The second-order valence-corrected chi connectivity index (χ2v) is 14.4. The van der Waals surface area contributed by atoms with Gasteiger partial charge in [0.25, 0.3) is 0 Å². The molecule has 0 aromatic heterocycles. The largest absolute Gasteiger partial charge is 0.395 e. The molecule has 0 spiro atoms. The first kappa shape index (κ1) is 39.7. The molecule has 9 nitrogen and oxygen atoms in total. The minimum atomic E-state index is -2.61. The Hall–Kier alpha value is -0.280. The molecule has 0 aliphatic rings. The van der Waals surface area contributed by atoms with Gasteiger partial charge in [0.15, 0.2) is 0 Å². The molecule has 0 fully saturated rings. The van der Waals surface area contributed by atoms with E-state index in [-0.39, 0.29) is 16.7 Å². The van der Waals surface area contributed by atoms with E-state index >= 15 is 0 Å². The van der Waals surface area contributed by atoms with Gasteiger partial charge in [0.2, 0.25) is 0 Å². The first-order chi connectivity index (χ1) is 18.3. The van der Waals surface area contributed by atoms with Gasteiger partial charge in [0.1, 0.15) is 5.60 Å². The SMILES string of the molecule is CCCCC(CC)CC(O)(c1c(C(C)(C)C)cc(CC)cc1C(C)(C)C)C(CO)(CO)CO.OP(O)OP(O)O. The summed E-state index contributed by atoms with van der Waals surface area (Å²) in [6.07, 6.45) is 5.27. The number of aryl methyl sites for hydroxylation is 1. The van der Waals surface area contributed by atoms with E-state index in [0.29, 0.717) is 6.42 Å². The lowest BCUT2D eigenvalue weighted by molar-refractivity contribution is -0.171. The molecule has 1 aromatic carbocycles. The molecule has 1 rings (SSSR count). The zero-order valence-electron chi connectivity index (χ0n) is 26.0. The van der Waals surface area contributed by atoms with Gasteiger partial charge >= 0.3 is 17.2 Å². The smallest absolute Gasteiger partial charge is 0.334 e. The zero-order chi connectivity index (χ0) is 31.5. The van der Waals surface area contributed by atoms with Crippen LogP contribution in [0.3, 0.4) is 0 Å². The van der Waals surface area contributed by atoms with Crippen molar-refractivity contribution in [2.75, 3.05) is 19.8 Å². The summed E-state index contributed by atoms with van der Waals surface area (Å²) in [5.74, 6) is 0.213. The molecule has 40 heavy (non-hydrogen) atoms. The Kier molecular flexibility index (Phi) is 17.0. The van der Waals surface area contributed by atoms with Crippen LogP contribution in [0.25, 0.3) is 0 Å². The summed E-state index contributed by atoms with van der Waals surface area (Å²) in [7, 11) is -5.22. The highest BCUT2D eigenvalue weighted by Crippen LogP contribution is 2.52. The monoisotopic (exact) mass is 610 g/mol. The van der Waals surface area contributed by atoms with Gasteiger partial charge in [0.05, 0.1) is 25.2 Å². The van der Waals surface area contributed by atoms with Crippen molar-refractivity contribution in [1.29, 1.82) is 0 Å². The Bertz CT molecular complexity index is 813. The lowest BCUT2D eigenvalue weighted by Gasteiger charge is -2.50. The molecule has 2 unspecified atom stereocenters. The molecule has 0 saturated heterocycles. The Labute approximate surface area is 244 Å². The van der Waals surface area contributed by atoms with Gasteiger partial charge in [-0.3, -0.25) is 0 Å². The first-order valence-electron chi connectivity index (χ1n) is 14.1. The van der Waals surface area contributed by atoms with Crippen molar-refractivity contribution < 1.29 is 44.3 Å². The molecule has 0 aliphatic carbocycles. The van der Waals surface area contributed by atoms with Crippen molar-refractivity contribution in [2.24, 2.45) is 11.3 Å². The van der Waals surface area contributed by atoms with Gasteiger partial charge in [-0.05, 0) is 51.8 Å². The molecule has 0 bridgehead atoms. The highest BCUT2D eigenvalue weighted by molar-refractivity contribution is 7.53. The maximum Gasteiger partial charge on any atom is 0.334 e. The van der Waals surface area contributed by atoms with Crippen LogP contribution in [0.5, 0.6) is 0 Å². The van der Waals surface area contributed by atoms with Crippen molar-refractivity contribution in [2.45, 2.75) is 117 Å². The van der Waals surface area contributed by atoms with Crippen molar-refractivity contribution in [3.63, 3.8) is 0 Å². The molecular weight excluding hydrogens is 554 g/mol. The highest BCUT2D eigenvalue weighted by atomic mass is 31.2. The lowest BCUT2D eigenvalue weighted by atomic mass is 9.59. The third-order valence-electron chi connectivity index (χ3n) is 7.69. The number of rotatable bonds is 14. The molecule has 0 heterocycles. The first-order valence-corrected chi connectivity index (χ1v) is 16.4. The van der Waals surface area contributed by atoms with Gasteiger partial charge in [-0.25, -0.2) is 4.31 Å². The van der Waals surface area contributed by atoms with E-state index in [9.17, 15) is 20.4 Å². The van der Waals surface area contributed by atoms with Crippen molar-refractivity contribution in [3.8, 4) is 0 Å². The molecule has 0 amide bonds. The second-order valence-electron chi connectivity index (χ2n) is 12.7.